The topological polar surface area (TPSA) is 76.6 Å². The molecule has 1 aliphatic rings. The SMILES string of the molecule is COc1nccnc1CNC1CCN(C(=O)OC(C)(C)C)CC1. The first-order valence-electron chi connectivity index (χ1n) is 7.94. The molecule has 2 heterocycles. The number of likely N-dealkylation sites (tertiary alicyclic amines) is 1. The van der Waals surface area contributed by atoms with Crippen LogP contribution in [0.5, 0.6) is 5.88 Å². The van der Waals surface area contributed by atoms with E-state index in [9.17, 15) is 4.79 Å². The third kappa shape index (κ3) is 5.35. The van der Waals surface area contributed by atoms with Crippen molar-refractivity contribution in [3.63, 3.8) is 0 Å². The molecule has 0 saturated carbocycles. The van der Waals surface area contributed by atoms with E-state index in [1.54, 1.807) is 24.4 Å². The van der Waals surface area contributed by atoms with Gasteiger partial charge < -0.3 is 19.7 Å². The van der Waals surface area contributed by atoms with Gasteiger partial charge in [-0.3, -0.25) is 4.98 Å². The molecule has 0 radical (unpaired) electrons. The van der Waals surface area contributed by atoms with Crippen LogP contribution in [-0.2, 0) is 11.3 Å². The average Bonchev–Trinajstić information content (AvgIpc) is 2.52. The minimum Gasteiger partial charge on any atom is -0.480 e. The van der Waals surface area contributed by atoms with Crippen molar-refractivity contribution < 1.29 is 14.3 Å². The zero-order chi connectivity index (χ0) is 16.9. The molecule has 23 heavy (non-hydrogen) atoms. The number of hydrogen-bond acceptors (Lipinski definition) is 6. The van der Waals surface area contributed by atoms with Crippen molar-refractivity contribution in [3.05, 3.63) is 18.1 Å². The minimum absolute atomic E-state index is 0.230. The number of amides is 1. The Balaban J connectivity index is 1.78. The second kappa shape index (κ2) is 7.59. The first kappa shape index (κ1) is 17.5. The van der Waals surface area contributed by atoms with E-state index in [1.807, 2.05) is 20.8 Å². The summed E-state index contributed by atoms with van der Waals surface area (Å²) in [7, 11) is 1.59. The van der Waals surface area contributed by atoms with Crippen LogP contribution in [0.25, 0.3) is 0 Å². The second-order valence-corrected chi connectivity index (χ2v) is 6.63. The number of hydrogen-bond donors (Lipinski definition) is 1. The molecule has 0 unspecified atom stereocenters. The van der Waals surface area contributed by atoms with Crippen molar-refractivity contribution in [1.82, 2.24) is 20.2 Å². The van der Waals surface area contributed by atoms with E-state index in [4.69, 9.17) is 9.47 Å². The molecule has 0 aromatic carbocycles. The minimum atomic E-state index is -0.450. The second-order valence-electron chi connectivity index (χ2n) is 6.63. The van der Waals surface area contributed by atoms with Gasteiger partial charge in [-0.05, 0) is 33.6 Å². The van der Waals surface area contributed by atoms with Crippen LogP contribution in [0.3, 0.4) is 0 Å². The molecule has 1 aliphatic heterocycles. The van der Waals surface area contributed by atoms with Crippen LogP contribution in [-0.4, -0.2) is 52.8 Å². The maximum absolute atomic E-state index is 12.0. The summed E-state index contributed by atoms with van der Waals surface area (Å²) in [5.41, 5.74) is 0.346. The Bertz CT molecular complexity index is 522. The lowest BCUT2D eigenvalue weighted by Gasteiger charge is -2.33. The highest BCUT2D eigenvalue weighted by Crippen LogP contribution is 2.16. The summed E-state index contributed by atoms with van der Waals surface area (Å²) in [6.07, 6.45) is 4.82. The smallest absolute Gasteiger partial charge is 0.410 e. The van der Waals surface area contributed by atoms with Gasteiger partial charge in [-0.15, -0.1) is 0 Å². The fourth-order valence-electron chi connectivity index (χ4n) is 2.48. The standard InChI is InChI=1S/C16H26N4O3/c1-16(2,3)23-15(21)20-9-5-12(6-10-20)19-11-13-14(22-4)18-8-7-17-13/h7-8,12,19H,5-6,9-11H2,1-4H3. The Morgan fingerprint density at radius 1 is 1.30 bits per heavy atom. The normalized spacial score (nSPS) is 16.3. The number of nitrogens with one attached hydrogen (secondary N) is 1. The highest BCUT2D eigenvalue weighted by molar-refractivity contribution is 5.68. The van der Waals surface area contributed by atoms with Crippen LogP contribution < -0.4 is 10.1 Å². The Morgan fingerprint density at radius 2 is 1.96 bits per heavy atom. The monoisotopic (exact) mass is 322 g/mol. The van der Waals surface area contributed by atoms with Crippen molar-refractivity contribution in [2.75, 3.05) is 20.2 Å². The van der Waals surface area contributed by atoms with Crippen molar-refractivity contribution in [2.24, 2.45) is 0 Å². The lowest BCUT2D eigenvalue weighted by Crippen LogP contribution is -2.46. The van der Waals surface area contributed by atoms with Crippen LogP contribution in [0.15, 0.2) is 12.4 Å². The van der Waals surface area contributed by atoms with Crippen molar-refractivity contribution >= 4 is 6.09 Å². The third-order valence-electron chi connectivity index (χ3n) is 3.63. The molecule has 0 aliphatic carbocycles. The summed E-state index contributed by atoms with van der Waals surface area (Å²) < 4.78 is 10.6. The first-order chi connectivity index (χ1) is 10.9. The fraction of sp³-hybridized carbons (Fsp3) is 0.688. The lowest BCUT2D eigenvalue weighted by atomic mass is 10.1. The van der Waals surface area contributed by atoms with E-state index in [2.05, 4.69) is 15.3 Å². The zero-order valence-corrected chi connectivity index (χ0v) is 14.3. The maximum Gasteiger partial charge on any atom is 0.410 e. The van der Waals surface area contributed by atoms with Gasteiger partial charge in [0, 0.05) is 38.1 Å². The molecule has 1 saturated heterocycles. The lowest BCUT2D eigenvalue weighted by molar-refractivity contribution is 0.0198. The number of ether oxygens (including phenoxy) is 2. The van der Waals surface area contributed by atoms with Gasteiger partial charge in [0.15, 0.2) is 0 Å². The molecular formula is C16H26N4O3. The van der Waals surface area contributed by atoms with E-state index in [1.165, 1.54) is 0 Å². The molecule has 1 amide bonds. The third-order valence-corrected chi connectivity index (χ3v) is 3.63. The molecule has 2 rings (SSSR count). The summed E-state index contributed by atoms with van der Waals surface area (Å²) in [5, 5.41) is 3.46. The number of rotatable bonds is 4. The van der Waals surface area contributed by atoms with Crippen molar-refractivity contribution in [2.45, 2.75) is 51.8 Å². The van der Waals surface area contributed by atoms with E-state index >= 15 is 0 Å². The highest BCUT2D eigenvalue weighted by atomic mass is 16.6. The Hall–Kier alpha value is -1.89. The molecule has 1 fully saturated rings. The molecule has 1 N–H and O–H groups in total. The molecule has 7 heteroatoms. The van der Waals surface area contributed by atoms with E-state index in [-0.39, 0.29) is 6.09 Å². The number of nitrogens with zero attached hydrogens (tertiary/aromatic N) is 3. The summed E-state index contributed by atoms with van der Waals surface area (Å²) in [4.78, 5) is 22.2. The largest absolute Gasteiger partial charge is 0.480 e. The van der Waals surface area contributed by atoms with Gasteiger partial charge in [-0.25, -0.2) is 9.78 Å². The fourth-order valence-corrected chi connectivity index (χ4v) is 2.48. The van der Waals surface area contributed by atoms with Crippen LogP contribution in [0.4, 0.5) is 4.79 Å². The molecule has 0 spiro atoms. The number of piperidine rings is 1. The Labute approximate surface area is 137 Å². The van der Waals surface area contributed by atoms with Gasteiger partial charge in [0.1, 0.15) is 11.3 Å². The van der Waals surface area contributed by atoms with Crippen LogP contribution in [0.1, 0.15) is 39.3 Å². The van der Waals surface area contributed by atoms with Gasteiger partial charge in [0.05, 0.1) is 7.11 Å². The Kier molecular flexibility index (Phi) is 5.76. The van der Waals surface area contributed by atoms with Gasteiger partial charge >= 0.3 is 6.09 Å². The van der Waals surface area contributed by atoms with Gasteiger partial charge in [0.2, 0.25) is 5.88 Å². The van der Waals surface area contributed by atoms with E-state index < -0.39 is 5.60 Å². The summed E-state index contributed by atoms with van der Waals surface area (Å²) >= 11 is 0. The molecule has 1 aromatic rings. The van der Waals surface area contributed by atoms with Gasteiger partial charge in [-0.2, -0.15) is 0 Å². The van der Waals surface area contributed by atoms with Crippen LogP contribution in [0.2, 0.25) is 0 Å². The highest BCUT2D eigenvalue weighted by Gasteiger charge is 2.26. The van der Waals surface area contributed by atoms with E-state index in [0.717, 1.165) is 18.5 Å². The summed E-state index contributed by atoms with van der Waals surface area (Å²) in [6.45, 7) is 7.65. The molecule has 128 valence electrons. The molecule has 0 bridgehead atoms. The van der Waals surface area contributed by atoms with Crippen LogP contribution >= 0.6 is 0 Å². The van der Waals surface area contributed by atoms with Crippen molar-refractivity contribution in [1.29, 1.82) is 0 Å². The summed E-state index contributed by atoms with van der Waals surface area (Å²) in [6, 6.07) is 0.348. The maximum atomic E-state index is 12.0. The molecule has 1 aromatic heterocycles. The Morgan fingerprint density at radius 3 is 2.57 bits per heavy atom. The van der Waals surface area contributed by atoms with Gasteiger partial charge in [-0.1, -0.05) is 0 Å². The average molecular weight is 322 g/mol. The summed E-state index contributed by atoms with van der Waals surface area (Å²) in [5.74, 6) is 0.547. The van der Waals surface area contributed by atoms with Crippen molar-refractivity contribution in [3.8, 4) is 5.88 Å². The molecule has 7 nitrogen and oxygen atoms in total. The number of carbonyl (C=O) groups is 1. The number of aromatic nitrogens is 2. The zero-order valence-electron chi connectivity index (χ0n) is 14.3. The molecule has 0 atom stereocenters. The van der Waals surface area contributed by atoms with E-state index in [0.29, 0.717) is 31.6 Å². The quantitative estimate of drug-likeness (QED) is 0.913. The first-order valence-corrected chi connectivity index (χ1v) is 7.94. The molecular weight excluding hydrogens is 296 g/mol. The van der Waals surface area contributed by atoms with Gasteiger partial charge in [0.25, 0.3) is 0 Å². The number of carbonyl (C=O) groups excluding carboxylic acids is 1. The van der Waals surface area contributed by atoms with Crippen LogP contribution in [0, 0.1) is 0 Å². The predicted octanol–water partition coefficient (Wildman–Crippen LogP) is 1.97. The predicted molar refractivity (Wildman–Crippen MR) is 86.3 cm³/mol. The number of methoxy groups -OCH3 is 1.